The van der Waals surface area contributed by atoms with Gasteiger partial charge in [-0.1, -0.05) is 13.3 Å². The molecule has 0 aliphatic heterocycles. The Labute approximate surface area is 101 Å². The SMILES string of the molecule is CCCC(C)(N)C(=O)NCc1sccc1C. The minimum Gasteiger partial charge on any atom is -0.350 e. The highest BCUT2D eigenvalue weighted by molar-refractivity contribution is 7.10. The maximum atomic E-state index is 11.8. The second-order valence-electron chi connectivity index (χ2n) is 4.38. The molecule has 3 N–H and O–H groups in total. The number of thiophene rings is 1. The van der Waals surface area contributed by atoms with Crippen LogP contribution >= 0.6 is 11.3 Å². The van der Waals surface area contributed by atoms with Crippen LogP contribution in [0.5, 0.6) is 0 Å². The van der Waals surface area contributed by atoms with Gasteiger partial charge in [-0.2, -0.15) is 0 Å². The second kappa shape index (κ2) is 5.46. The van der Waals surface area contributed by atoms with E-state index in [2.05, 4.69) is 11.4 Å². The number of aryl methyl sites for hydroxylation is 1. The molecule has 0 radical (unpaired) electrons. The van der Waals surface area contributed by atoms with Crippen molar-refractivity contribution in [3.05, 3.63) is 21.9 Å². The lowest BCUT2D eigenvalue weighted by molar-refractivity contribution is -0.126. The molecule has 1 rings (SSSR count). The van der Waals surface area contributed by atoms with E-state index >= 15 is 0 Å². The maximum Gasteiger partial charge on any atom is 0.240 e. The summed E-state index contributed by atoms with van der Waals surface area (Å²) in [4.78, 5) is 13.0. The van der Waals surface area contributed by atoms with Gasteiger partial charge in [0.15, 0.2) is 0 Å². The fraction of sp³-hybridized carbons (Fsp3) is 0.583. The molecular weight excluding hydrogens is 220 g/mol. The zero-order valence-corrected chi connectivity index (χ0v) is 11.0. The van der Waals surface area contributed by atoms with Crippen LogP contribution in [0.3, 0.4) is 0 Å². The molecule has 0 aliphatic rings. The predicted octanol–water partition coefficient (Wildman–Crippen LogP) is 2.19. The molecule has 0 spiro atoms. The quantitative estimate of drug-likeness (QED) is 0.829. The van der Waals surface area contributed by atoms with E-state index in [1.807, 2.05) is 19.2 Å². The Morgan fingerprint density at radius 3 is 2.81 bits per heavy atom. The van der Waals surface area contributed by atoms with Crippen LogP contribution in [0.2, 0.25) is 0 Å². The summed E-state index contributed by atoms with van der Waals surface area (Å²) in [6, 6.07) is 2.06. The topological polar surface area (TPSA) is 55.1 Å². The molecule has 1 heterocycles. The van der Waals surface area contributed by atoms with Gasteiger partial charge in [-0.25, -0.2) is 0 Å². The van der Waals surface area contributed by atoms with Crippen LogP contribution in [0.4, 0.5) is 0 Å². The lowest BCUT2D eigenvalue weighted by atomic mass is 9.96. The van der Waals surface area contributed by atoms with Gasteiger partial charge in [0.25, 0.3) is 0 Å². The highest BCUT2D eigenvalue weighted by atomic mass is 32.1. The minimum atomic E-state index is -0.750. The largest absolute Gasteiger partial charge is 0.350 e. The monoisotopic (exact) mass is 240 g/mol. The molecular formula is C12H20N2OS. The Balaban J connectivity index is 2.50. The first kappa shape index (κ1) is 13.2. The lowest BCUT2D eigenvalue weighted by Crippen LogP contribution is -2.51. The van der Waals surface area contributed by atoms with Crippen LogP contribution in [0.1, 0.15) is 37.1 Å². The molecule has 1 unspecified atom stereocenters. The highest BCUT2D eigenvalue weighted by Gasteiger charge is 2.26. The second-order valence-corrected chi connectivity index (χ2v) is 5.38. The Morgan fingerprint density at radius 1 is 1.62 bits per heavy atom. The van der Waals surface area contributed by atoms with E-state index in [0.29, 0.717) is 13.0 Å². The molecule has 0 aromatic carbocycles. The van der Waals surface area contributed by atoms with E-state index in [-0.39, 0.29) is 5.91 Å². The number of nitrogens with one attached hydrogen (secondary N) is 1. The first-order valence-electron chi connectivity index (χ1n) is 5.57. The third-order valence-corrected chi connectivity index (χ3v) is 3.69. The third kappa shape index (κ3) is 3.32. The van der Waals surface area contributed by atoms with Gasteiger partial charge in [0.2, 0.25) is 5.91 Å². The number of hydrogen-bond donors (Lipinski definition) is 2. The van der Waals surface area contributed by atoms with Crippen molar-refractivity contribution in [1.29, 1.82) is 0 Å². The average Bonchev–Trinajstić information content (AvgIpc) is 2.60. The molecule has 16 heavy (non-hydrogen) atoms. The van der Waals surface area contributed by atoms with Gasteiger partial charge in [0, 0.05) is 4.88 Å². The summed E-state index contributed by atoms with van der Waals surface area (Å²) in [6.07, 6.45) is 1.63. The van der Waals surface area contributed by atoms with Crippen molar-refractivity contribution >= 4 is 17.2 Å². The van der Waals surface area contributed by atoms with Crippen LogP contribution in [-0.4, -0.2) is 11.4 Å². The maximum absolute atomic E-state index is 11.8. The van der Waals surface area contributed by atoms with E-state index in [1.54, 1.807) is 18.3 Å². The number of rotatable bonds is 5. The van der Waals surface area contributed by atoms with Crippen molar-refractivity contribution < 1.29 is 4.79 Å². The van der Waals surface area contributed by atoms with E-state index in [4.69, 9.17) is 5.73 Å². The van der Waals surface area contributed by atoms with Crippen LogP contribution in [0, 0.1) is 6.92 Å². The summed E-state index contributed by atoms with van der Waals surface area (Å²) in [5.41, 5.74) is 6.41. The van der Waals surface area contributed by atoms with Gasteiger partial charge in [0.1, 0.15) is 0 Å². The Hall–Kier alpha value is -0.870. The molecule has 0 aliphatic carbocycles. The number of hydrogen-bond acceptors (Lipinski definition) is 3. The Kier molecular flexibility index (Phi) is 4.50. The normalized spacial score (nSPS) is 14.5. The zero-order valence-electron chi connectivity index (χ0n) is 10.2. The molecule has 3 nitrogen and oxygen atoms in total. The first-order valence-corrected chi connectivity index (χ1v) is 6.45. The van der Waals surface area contributed by atoms with Crippen LogP contribution < -0.4 is 11.1 Å². The molecule has 4 heteroatoms. The molecule has 0 bridgehead atoms. The van der Waals surface area contributed by atoms with Crippen molar-refractivity contribution in [2.75, 3.05) is 0 Å². The highest BCUT2D eigenvalue weighted by Crippen LogP contribution is 2.15. The van der Waals surface area contributed by atoms with E-state index in [9.17, 15) is 4.79 Å². The summed E-state index contributed by atoms with van der Waals surface area (Å²) in [6.45, 7) is 6.44. The minimum absolute atomic E-state index is 0.0675. The summed E-state index contributed by atoms with van der Waals surface area (Å²) in [7, 11) is 0. The summed E-state index contributed by atoms with van der Waals surface area (Å²) < 4.78 is 0. The summed E-state index contributed by atoms with van der Waals surface area (Å²) in [5, 5.41) is 4.93. The van der Waals surface area contributed by atoms with Crippen LogP contribution in [0.25, 0.3) is 0 Å². The van der Waals surface area contributed by atoms with Gasteiger partial charge in [-0.05, 0) is 37.3 Å². The standard InChI is InChI=1S/C12H20N2OS/c1-4-6-12(3,13)11(15)14-8-10-9(2)5-7-16-10/h5,7H,4,6,8,13H2,1-3H3,(H,14,15). The Morgan fingerprint density at radius 2 is 2.31 bits per heavy atom. The molecule has 90 valence electrons. The summed E-state index contributed by atoms with van der Waals surface area (Å²) >= 11 is 1.66. The number of amides is 1. The average molecular weight is 240 g/mol. The van der Waals surface area contributed by atoms with E-state index in [0.717, 1.165) is 6.42 Å². The first-order chi connectivity index (χ1) is 7.47. The lowest BCUT2D eigenvalue weighted by Gasteiger charge is -2.22. The fourth-order valence-electron chi connectivity index (χ4n) is 1.58. The molecule has 0 saturated heterocycles. The molecule has 0 fully saturated rings. The summed E-state index contributed by atoms with van der Waals surface area (Å²) in [5.74, 6) is -0.0675. The number of carbonyl (C=O) groups excluding carboxylic acids is 1. The molecule has 0 saturated carbocycles. The van der Waals surface area contributed by atoms with Gasteiger partial charge in [-0.15, -0.1) is 11.3 Å². The van der Waals surface area contributed by atoms with Crippen molar-refractivity contribution in [3.8, 4) is 0 Å². The molecule has 1 atom stereocenters. The van der Waals surface area contributed by atoms with Gasteiger partial charge in [0.05, 0.1) is 12.1 Å². The number of carbonyl (C=O) groups is 1. The third-order valence-electron chi connectivity index (χ3n) is 2.67. The van der Waals surface area contributed by atoms with Crippen molar-refractivity contribution in [3.63, 3.8) is 0 Å². The van der Waals surface area contributed by atoms with Gasteiger partial charge >= 0.3 is 0 Å². The van der Waals surface area contributed by atoms with Crippen molar-refractivity contribution in [1.82, 2.24) is 5.32 Å². The Bertz CT molecular complexity index is 358. The van der Waals surface area contributed by atoms with Crippen LogP contribution in [0.15, 0.2) is 11.4 Å². The van der Waals surface area contributed by atoms with Crippen LogP contribution in [-0.2, 0) is 11.3 Å². The zero-order chi connectivity index (χ0) is 12.2. The molecule has 1 aromatic rings. The van der Waals surface area contributed by atoms with Crippen molar-refractivity contribution in [2.45, 2.75) is 45.7 Å². The molecule has 1 amide bonds. The van der Waals surface area contributed by atoms with Gasteiger partial charge < -0.3 is 11.1 Å². The predicted molar refractivity (Wildman–Crippen MR) is 68.4 cm³/mol. The van der Waals surface area contributed by atoms with Crippen molar-refractivity contribution in [2.24, 2.45) is 5.73 Å². The fourth-order valence-corrected chi connectivity index (χ4v) is 2.43. The van der Waals surface area contributed by atoms with Gasteiger partial charge in [-0.3, -0.25) is 4.79 Å². The smallest absolute Gasteiger partial charge is 0.240 e. The number of nitrogens with two attached hydrogens (primary N) is 1. The van der Waals surface area contributed by atoms with E-state index < -0.39 is 5.54 Å². The molecule has 1 aromatic heterocycles. The van der Waals surface area contributed by atoms with E-state index in [1.165, 1.54) is 10.4 Å².